The van der Waals surface area contributed by atoms with Gasteiger partial charge in [0, 0.05) is 56.9 Å². The molecule has 0 bridgehead atoms. The minimum absolute atomic E-state index is 0.327. The lowest BCUT2D eigenvalue weighted by Crippen LogP contribution is -2.40. The average molecular weight is 467 g/mol. The fourth-order valence-electron chi connectivity index (χ4n) is 3.93. The second kappa shape index (κ2) is 10.9. The second-order valence-electron chi connectivity index (χ2n) is 7.89. The van der Waals surface area contributed by atoms with Crippen molar-refractivity contribution in [3.8, 4) is 11.5 Å². The largest absolute Gasteiger partial charge is 0.497 e. The minimum atomic E-state index is -0.517. The van der Waals surface area contributed by atoms with Gasteiger partial charge in [0.1, 0.15) is 29.2 Å². The Kier molecular flexibility index (Phi) is 7.48. The summed E-state index contributed by atoms with van der Waals surface area (Å²) in [6.07, 6.45) is 5.30. The van der Waals surface area contributed by atoms with E-state index in [-0.39, 0.29) is 6.03 Å². The number of carbonyl (C=O) groups excluding carboxylic acids is 1. The first-order valence-corrected chi connectivity index (χ1v) is 11.1. The highest BCUT2D eigenvalue weighted by molar-refractivity contribution is 5.75. The van der Waals surface area contributed by atoms with Crippen LogP contribution in [0, 0.1) is 0 Å². The number of ether oxygens (including phenoxy) is 3. The Morgan fingerprint density at radius 1 is 1.12 bits per heavy atom. The number of benzene rings is 1. The summed E-state index contributed by atoms with van der Waals surface area (Å²) in [6, 6.07) is 8.51. The first kappa shape index (κ1) is 23.4. The van der Waals surface area contributed by atoms with E-state index in [1.54, 1.807) is 32.7 Å². The Hall–Kier alpha value is -3.79. The maximum atomic E-state index is 13.0. The van der Waals surface area contributed by atoms with Crippen LogP contribution >= 0.6 is 0 Å². The van der Waals surface area contributed by atoms with Gasteiger partial charge in [-0.15, -0.1) is 0 Å². The van der Waals surface area contributed by atoms with E-state index in [9.17, 15) is 4.79 Å². The van der Waals surface area contributed by atoms with Crippen LogP contribution < -0.4 is 25.0 Å². The Bertz CT molecular complexity index is 1090. The van der Waals surface area contributed by atoms with Crippen molar-refractivity contribution in [3.05, 3.63) is 65.9 Å². The summed E-state index contributed by atoms with van der Waals surface area (Å²) >= 11 is 0. The molecule has 10 nitrogen and oxygen atoms in total. The van der Waals surface area contributed by atoms with E-state index < -0.39 is 6.04 Å². The lowest BCUT2D eigenvalue weighted by Gasteiger charge is -2.29. The molecule has 0 saturated carbocycles. The molecule has 0 spiro atoms. The van der Waals surface area contributed by atoms with E-state index in [1.807, 2.05) is 42.1 Å². The standard InChI is InChI=1S/C24H30N6O4/c1-29-8-7-26-23(29)21(18-13-19(32-2)15-20(14-18)33-3)28-24(31)27-16-17-5-4-6-25-22(17)30-9-11-34-12-10-30/h4-8,13-15,21H,9-12,16H2,1-3H3,(H2,27,28,31). The third kappa shape index (κ3) is 5.40. The molecule has 1 fully saturated rings. The van der Waals surface area contributed by atoms with Crippen molar-refractivity contribution >= 4 is 11.8 Å². The summed E-state index contributed by atoms with van der Waals surface area (Å²) in [7, 11) is 5.07. The number of nitrogens with one attached hydrogen (secondary N) is 2. The van der Waals surface area contributed by atoms with Gasteiger partial charge >= 0.3 is 6.03 Å². The predicted molar refractivity (Wildman–Crippen MR) is 127 cm³/mol. The summed E-state index contributed by atoms with van der Waals surface area (Å²) in [4.78, 5) is 24.2. The molecule has 4 rings (SSSR count). The molecule has 1 saturated heterocycles. The molecule has 2 amide bonds. The van der Waals surface area contributed by atoms with Crippen molar-refractivity contribution in [1.29, 1.82) is 0 Å². The van der Waals surface area contributed by atoms with Crippen LogP contribution in [0.3, 0.4) is 0 Å². The van der Waals surface area contributed by atoms with Crippen molar-refractivity contribution in [2.24, 2.45) is 7.05 Å². The second-order valence-corrected chi connectivity index (χ2v) is 7.89. The molecule has 1 unspecified atom stereocenters. The maximum absolute atomic E-state index is 13.0. The number of urea groups is 1. The van der Waals surface area contributed by atoms with Crippen molar-refractivity contribution < 1.29 is 19.0 Å². The molecule has 0 aliphatic carbocycles. The Labute approximate surface area is 198 Å². The lowest BCUT2D eigenvalue weighted by molar-refractivity contribution is 0.122. The number of hydrogen-bond acceptors (Lipinski definition) is 7. The van der Waals surface area contributed by atoms with Crippen molar-refractivity contribution in [3.63, 3.8) is 0 Å². The van der Waals surface area contributed by atoms with Crippen LogP contribution in [0.15, 0.2) is 48.9 Å². The topological polar surface area (TPSA) is 103 Å². The zero-order chi connectivity index (χ0) is 23.9. The fourth-order valence-corrected chi connectivity index (χ4v) is 3.93. The number of methoxy groups -OCH3 is 2. The number of rotatable bonds is 8. The summed E-state index contributed by atoms with van der Waals surface area (Å²) in [5.41, 5.74) is 1.73. The van der Waals surface area contributed by atoms with Crippen LogP contribution in [0.4, 0.5) is 10.6 Å². The van der Waals surface area contributed by atoms with Gasteiger partial charge in [0.25, 0.3) is 0 Å². The van der Waals surface area contributed by atoms with Gasteiger partial charge in [-0.2, -0.15) is 0 Å². The number of carbonyl (C=O) groups is 1. The quantitative estimate of drug-likeness (QED) is 0.525. The fraction of sp³-hybridized carbons (Fsp3) is 0.375. The van der Waals surface area contributed by atoms with Gasteiger partial charge in [-0.3, -0.25) is 0 Å². The number of imidazole rings is 1. The van der Waals surface area contributed by atoms with Gasteiger partial charge in [-0.05, 0) is 23.8 Å². The number of anilines is 1. The molecule has 1 atom stereocenters. The minimum Gasteiger partial charge on any atom is -0.497 e. The molecule has 34 heavy (non-hydrogen) atoms. The number of nitrogens with zero attached hydrogens (tertiary/aromatic N) is 4. The maximum Gasteiger partial charge on any atom is 0.315 e. The number of aryl methyl sites for hydroxylation is 1. The zero-order valence-electron chi connectivity index (χ0n) is 19.7. The third-order valence-corrected chi connectivity index (χ3v) is 5.72. The zero-order valence-corrected chi connectivity index (χ0v) is 19.7. The number of amides is 2. The van der Waals surface area contributed by atoms with E-state index in [0.717, 1.165) is 30.0 Å². The first-order chi connectivity index (χ1) is 16.6. The van der Waals surface area contributed by atoms with Crippen molar-refractivity contribution in [2.45, 2.75) is 12.6 Å². The third-order valence-electron chi connectivity index (χ3n) is 5.72. The highest BCUT2D eigenvalue weighted by Gasteiger charge is 2.23. The number of morpholine rings is 1. The van der Waals surface area contributed by atoms with Crippen molar-refractivity contribution in [2.75, 3.05) is 45.4 Å². The van der Waals surface area contributed by atoms with Crippen LogP contribution in [-0.4, -0.2) is 61.1 Å². The van der Waals surface area contributed by atoms with E-state index in [0.29, 0.717) is 37.1 Å². The predicted octanol–water partition coefficient (Wildman–Crippen LogP) is 2.26. The monoisotopic (exact) mass is 466 g/mol. The van der Waals surface area contributed by atoms with Gasteiger partial charge in [-0.1, -0.05) is 6.07 Å². The van der Waals surface area contributed by atoms with Crippen LogP contribution in [0.2, 0.25) is 0 Å². The smallest absolute Gasteiger partial charge is 0.315 e. The number of pyridine rings is 1. The molecule has 10 heteroatoms. The number of hydrogen-bond donors (Lipinski definition) is 2. The highest BCUT2D eigenvalue weighted by Crippen LogP contribution is 2.29. The summed E-state index contributed by atoms with van der Waals surface area (Å²) in [5, 5.41) is 6.02. The molecule has 3 heterocycles. The Morgan fingerprint density at radius 3 is 2.50 bits per heavy atom. The highest BCUT2D eigenvalue weighted by atomic mass is 16.5. The van der Waals surface area contributed by atoms with Crippen LogP contribution in [0.1, 0.15) is 23.0 Å². The van der Waals surface area contributed by atoms with Gasteiger partial charge in [0.2, 0.25) is 0 Å². The Balaban J connectivity index is 1.52. The molecule has 0 radical (unpaired) electrons. The van der Waals surface area contributed by atoms with Crippen LogP contribution in [0.5, 0.6) is 11.5 Å². The van der Waals surface area contributed by atoms with E-state index in [1.165, 1.54) is 0 Å². The van der Waals surface area contributed by atoms with Crippen molar-refractivity contribution in [1.82, 2.24) is 25.2 Å². The van der Waals surface area contributed by atoms with E-state index in [4.69, 9.17) is 14.2 Å². The normalized spacial score (nSPS) is 14.4. The summed E-state index contributed by atoms with van der Waals surface area (Å²) < 4.78 is 18.2. The lowest BCUT2D eigenvalue weighted by atomic mass is 10.1. The summed E-state index contributed by atoms with van der Waals surface area (Å²) in [5.74, 6) is 2.80. The molecule has 3 aromatic rings. The van der Waals surface area contributed by atoms with Gasteiger partial charge < -0.3 is 34.3 Å². The molecular weight excluding hydrogens is 436 g/mol. The van der Waals surface area contributed by atoms with Gasteiger partial charge in [0.05, 0.1) is 27.4 Å². The van der Waals surface area contributed by atoms with E-state index >= 15 is 0 Å². The average Bonchev–Trinajstić information content (AvgIpc) is 3.31. The number of aromatic nitrogens is 3. The molecule has 2 aromatic heterocycles. The SMILES string of the molecule is COc1cc(OC)cc(C(NC(=O)NCc2cccnc2N2CCOCC2)c2nccn2C)c1. The first-order valence-electron chi connectivity index (χ1n) is 11.1. The Morgan fingerprint density at radius 2 is 1.85 bits per heavy atom. The molecule has 1 aromatic carbocycles. The molecule has 180 valence electrons. The van der Waals surface area contributed by atoms with Crippen LogP contribution in [0.25, 0.3) is 0 Å². The van der Waals surface area contributed by atoms with E-state index in [2.05, 4.69) is 25.5 Å². The molecule has 2 N–H and O–H groups in total. The molecule has 1 aliphatic rings. The molecular formula is C24H30N6O4. The molecule has 1 aliphatic heterocycles. The van der Waals surface area contributed by atoms with Gasteiger partial charge in [0.15, 0.2) is 0 Å². The summed E-state index contributed by atoms with van der Waals surface area (Å²) in [6.45, 7) is 3.21. The van der Waals surface area contributed by atoms with Crippen LogP contribution in [-0.2, 0) is 18.3 Å². The van der Waals surface area contributed by atoms with Gasteiger partial charge in [-0.25, -0.2) is 14.8 Å².